The first-order chi connectivity index (χ1) is 12.1. The highest BCUT2D eigenvalue weighted by atomic mass is 32.1. The van der Waals surface area contributed by atoms with Crippen LogP contribution >= 0.6 is 11.3 Å². The van der Waals surface area contributed by atoms with Gasteiger partial charge >= 0.3 is 0 Å². The smallest absolute Gasteiger partial charge is 0.276 e. The van der Waals surface area contributed by atoms with E-state index in [2.05, 4.69) is 15.4 Å². The van der Waals surface area contributed by atoms with Crippen LogP contribution in [0.1, 0.15) is 10.5 Å². The number of nitrogens with zero attached hydrogens (tertiary/aromatic N) is 3. The SMILES string of the molecule is Cn1ccc(C(=O)Nc2ccc(O)c(-c3nc4ccccc4s3)c2)n1. The third-order valence-electron chi connectivity index (χ3n) is 3.72. The number of amides is 1. The second-order valence-corrected chi connectivity index (χ2v) is 6.58. The average Bonchev–Trinajstić information content (AvgIpc) is 3.22. The number of hydrogen-bond acceptors (Lipinski definition) is 5. The summed E-state index contributed by atoms with van der Waals surface area (Å²) in [6.07, 6.45) is 1.71. The lowest BCUT2D eigenvalue weighted by Crippen LogP contribution is -2.13. The Balaban J connectivity index is 1.67. The van der Waals surface area contributed by atoms with Gasteiger partial charge in [-0.25, -0.2) is 4.98 Å². The number of aryl methyl sites for hydroxylation is 1. The molecule has 1 amide bonds. The fraction of sp³-hybridized carbons (Fsp3) is 0.0556. The summed E-state index contributed by atoms with van der Waals surface area (Å²) in [5.41, 5.74) is 2.37. The van der Waals surface area contributed by atoms with Gasteiger partial charge in [0.2, 0.25) is 0 Å². The van der Waals surface area contributed by atoms with Crippen molar-refractivity contribution < 1.29 is 9.90 Å². The second-order valence-electron chi connectivity index (χ2n) is 5.55. The minimum Gasteiger partial charge on any atom is -0.507 e. The highest BCUT2D eigenvalue weighted by Crippen LogP contribution is 2.36. The molecule has 124 valence electrons. The van der Waals surface area contributed by atoms with Crippen LogP contribution in [0.15, 0.2) is 54.7 Å². The summed E-state index contributed by atoms with van der Waals surface area (Å²) in [5, 5.41) is 17.8. The number of fused-ring (bicyclic) bond motifs is 1. The Hall–Kier alpha value is -3.19. The van der Waals surface area contributed by atoms with Crippen molar-refractivity contribution in [2.24, 2.45) is 7.05 Å². The zero-order valence-electron chi connectivity index (χ0n) is 13.3. The van der Waals surface area contributed by atoms with E-state index in [1.807, 2.05) is 24.3 Å². The van der Waals surface area contributed by atoms with Gasteiger partial charge in [-0.3, -0.25) is 9.48 Å². The van der Waals surface area contributed by atoms with Crippen molar-refractivity contribution in [3.05, 3.63) is 60.4 Å². The molecule has 0 atom stereocenters. The maximum absolute atomic E-state index is 12.2. The van der Waals surface area contributed by atoms with Gasteiger partial charge in [-0.15, -0.1) is 11.3 Å². The Bertz CT molecular complexity index is 1050. The van der Waals surface area contributed by atoms with Gasteiger partial charge in [-0.1, -0.05) is 12.1 Å². The van der Waals surface area contributed by atoms with Crippen LogP contribution in [0.4, 0.5) is 5.69 Å². The molecular weight excluding hydrogens is 336 g/mol. The van der Waals surface area contributed by atoms with Crippen molar-refractivity contribution >= 4 is 33.1 Å². The summed E-state index contributed by atoms with van der Waals surface area (Å²) in [6.45, 7) is 0. The fourth-order valence-corrected chi connectivity index (χ4v) is 3.49. The molecule has 0 bridgehead atoms. The van der Waals surface area contributed by atoms with Crippen LogP contribution in [0.5, 0.6) is 5.75 Å². The molecule has 2 aromatic heterocycles. The Labute approximate surface area is 147 Å². The lowest BCUT2D eigenvalue weighted by molar-refractivity contribution is 0.102. The van der Waals surface area contributed by atoms with Crippen LogP contribution in [-0.2, 0) is 7.05 Å². The van der Waals surface area contributed by atoms with Crippen LogP contribution in [0, 0.1) is 0 Å². The van der Waals surface area contributed by atoms with Crippen LogP contribution in [0.25, 0.3) is 20.8 Å². The number of phenolic OH excluding ortho intramolecular Hbond substituents is 1. The molecule has 2 heterocycles. The second kappa shape index (κ2) is 6.03. The van der Waals surface area contributed by atoms with E-state index in [1.54, 1.807) is 42.2 Å². The normalized spacial score (nSPS) is 10.9. The fourth-order valence-electron chi connectivity index (χ4n) is 2.50. The van der Waals surface area contributed by atoms with Crippen LogP contribution < -0.4 is 5.32 Å². The van der Waals surface area contributed by atoms with Crippen molar-refractivity contribution in [3.63, 3.8) is 0 Å². The zero-order valence-corrected chi connectivity index (χ0v) is 14.1. The minimum absolute atomic E-state index is 0.120. The first-order valence-corrected chi connectivity index (χ1v) is 8.42. The minimum atomic E-state index is -0.304. The molecule has 6 nitrogen and oxygen atoms in total. The van der Waals surface area contributed by atoms with Gasteiger partial charge in [-0.05, 0) is 36.4 Å². The lowest BCUT2D eigenvalue weighted by atomic mass is 10.2. The number of thiazole rings is 1. The van der Waals surface area contributed by atoms with E-state index in [-0.39, 0.29) is 11.7 Å². The highest BCUT2D eigenvalue weighted by molar-refractivity contribution is 7.21. The highest BCUT2D eigenvalue weighted by Gasteiger charge is 2.14. The van der Waals surface area contributed by atoms with Crippen molar-refractivity contribution in [2.45, 2.75) is 0 Å². The van der Waals surface area contributed by atoms with Gasteiger partial charge in [0.25, 0.3) is 5.91 Å². The molecule has 2 aromatic carbocycles. The standard InChI is InChI=1S/C18H14N4O2S/c1-22-9-8-14(21-22)17(24)19-11-6-7-15(23)12(10-11)18-20-13-4-2-3-5-16(13)25-18/h2-10,23H,1H3,(H,19,24). The third kappa shape index (κ3) is 2.97. The number of benzene rings is 2. The molecule has 0 aliphatic rings. The number of carbonyl (C=O) groups is 1. The number of aromatic hydroxyl groups is 1. The monoisotopic (exact) mass is 350 g/mol. The van der Waals surface area contributed by atoms with Crippen molar-refractivity contribution in [3.8, 4) is 16.3 Å². The largest absolute Gasteiger partial charge is 0.507 e. The van der Waals surface area contributed by atoms with Crippen molar-refractivity contribution in [1.82, 2.24) is 14.8 Å². The molecule has 4 aromatic rings. The molecule has 0 fully saturated rings. The van der Waals surface area contributed by atoms with E-state index >= 15 is 0 Å². The number of phenols is 1. The molecule has 25 heavy (non-hydrogen) atoms. The Kier molecular flexibility index (Phi) is 3.70. The number of aromatic nitrogens is 3. The Morgan fingerprint density at radius 2 is 2.04 bits per heavy atom. The summed E-state index contributed by atoms with van der Waals surface area (Å²) in [6, 6.07) is 14.3. The number of carbonyl (C=O) groups excluding carboxylic acids is 1. The topological polar surface area (TPSA) is 80.0 Å². The quantitative estimate of drug-likeness (QED) is 0.553. The maximum Gasteiger partial charge on any atom is 0.276 e. The molecule has 4 rings (SSSR count). The van der Waals surface area contributed by atoms with Gasteiger partial charge in [0.1, 0.15) is 10.8 Å². The van der Waals surface area contributed by atoms with Gasteiger partial charge in [0, 0.05) is 18.9 Å². The molecule has 2 N–H and O–H groups in total. The van der Waals surface area contributed by atoms with E-state index in [9.17, 15) is 9.90 Å². The van der Waals surface area contributed by atoms with Gasteiger partial charge in [0.05, 0.1) is 15.8 Å². The molecule has 7 heteroatoms. The first-order valence-electron chi connectivity index (χ1n) is 7.60. The Morgan fingerprint density at radius 3 is 2.80 bits per heavy atom. The van der Waals surface area contributed by atoms with E-state index < -0.39 is 0 Å². The van der Waals surface area contributed by atoms with Gasteiger partial charge in [-0.2, -0.15) is 5.10 Å². The predicted molar refractivity (Wildman–Crippen MR) is 97.9 cm³/mol. The van der Waals surface area contributed by atoms with Crippen LogP contribution in [-0.4, -0.2) is 25.8 Å². The predicted octanol–water partition coefficient (Wildman–Crippen LogP) is 3.65. The third-order valence-corrected chi connectivity index (χ3v) is 4.79. The van der Waals surface area contributed by atoms with E-state index in [0.29, 0.717) is 22.0 Å². The lowest BCUT2D eigenvalue weighted by Gasteiger charge is -2.07. The number of para-hydroxylation sites is 1. The summed E-state index contributed by atoms with van der Waals surface area (Å²) < 4.78 is 2.61. The maximum atomic E-state index is 12.2. The molecule has 0 saturated heterocycles. The number of anilines is 1. The molecule has 0 aliphatic carbocycles. The molecule has 0 aliphatic heterocycles. The molecule has 0 radical (unpaired) electrons. The number of rotatable bonds is 3. The first kappa shape index (κ1) is 15.3. The van der Waals surface area contributed by atoms with Gasteiger partial charge in [0.15, 0.2) is 5.69 Å². The Morgan fingerprint density at radius 1 is 1.20 bits per heavy atom. The van der Waals surface area contributed by atoms with Gasteiger partial charge < -0.3 is 10.4 Å². The average molecular weight is 350 g/mol. The molecule has 0 spiro atoms. The summed E-state index contributed by atoms with van der Waals surface area (Å²) in [5.74, 6) is -0.184. The summed E-state index contributed by atoms with van der Waals surface area (Å²) in [7, 11) is 1.75. The molecule has 0 saturated carbocycles. The number of hydrogen-bond donors (Lipinski definition) is 2. The summed E-state index contributed by atoms with van der Waals surface area (Å²) >= 11 is 1.49. The van der Waals surface area contributed by atoms with Crippen LogP contribution in [0.3, 0.4) is 0 Å². The summed E-state index contributed by atoms with van der Waals surface area (Å²) in [4.78, 5) is 16.8. The van der Waals surface area contributed by atoms with E-state index in [0.717, 1.165) is 10.2 Å². The van der Waals surface area contributed by atoms with Crippen molar-refractivity contribution in [2.75, 3.05) is 5.32 Å². The zero-order chi connectivity index (χ0) is 17.4. The van der Waals surface area contributed by atoms with Crippen LogP contribution in [0.2, 0.25) is 0 Å². The number of nitrogens with one attached hydrogen (secondary N) is 1. The molecule has 0 unspecified atom stereocenters. The molecular formula is C18H14N4O2S. The van der Waals surface area contributed by atoms with E-state index in [1.165, 1.54) is 11.3 Å². The van der Waals surface area contributed by atoms with Crippen molar-refractivity contribution in [1.29, 1.82) is 0 Å². The van der Waals surface area contributed by atoms with E-state index in [4.69, 9.17) is 0 Å².